The lowest BCUT2D eigenvalue weighted by Crippen LogP contribution is -2.12. The number of aliphatic hydroxyl groups is 1. The van der Waals surface area contributed by atoms with Gasteiger partial charge in [-0.05, 0) is 74.4 Å². The van der Waals surface area contributed by atoms with E-state index < -0.39 is 0 Å². The number of aliphatic hydroxyl groups excluding tert-OH is 1. The van der Waals surface area contributed by atoms with Gasteiger partial charge in [-0.2, -0.15) is 0 Å². The van der Waals surface area contributed by atoms with Crippen LogP contribution in [0, 0.1) is 13.8 Å². The molecule has 2 aromatic heterocycles. The topological polar surface area (TPSA) is 114 Å². The van der Waals surface area contributed by atoms with Crippen LogP contribution in [0.1, 0.15) is 17.7 Å². The molecule has 0 bridgehead atoms. The van der Waals surface area contributed by atoms with Gasteiger partial charge in [-0.25, -0.2) is 15.0 Å². The van der Waals surface area contributed by atoms with Crippen LogP contribution in [0.2, 0.25) is 0 Å². The summed E-state index contributed by atoms with van der Waals surface area (Å²) < 4.78 is 11.6. The van der Waals surface area contributed by atoms with Gasteiger partial charge in [-0.1, -0.05) is 0 Å². The van der Waals surface area contributed by atoms with Crippen molar-refractivity contribution in [1.29, 1.82) is 0 Å². The number of hydrogen-bond acceptors (Lipinski definition) is 9. The summed E-state index contributed by atoms with van der Waals surface area (Å²) in [6.07, 6.45) is 3.83. The monoisotopic (exact) mass is 470 g/mol. The van der Waals surface area contributed by atoms with Crippen molar-refractivity contribution in [3.8, 4) is 11.5 Å². The number of rotatable bonds is 7. The highest BCUT2D eigenvalue weighted by atomic mass is 16.5. The predicted molar refractivity (Wildman–Crippen MR) is 136 cm³/mol. The molecule has 0 aliphatic carbocycles. The van der Waals surface area contributed by atoms with Crippen LogP contribution in [0.5, 0.6) is 11.5 Å². The van der Waals surface area contributed by atoms with E-state index in [1.54, 1.807) is 6.20 Å². The number of amidine groups is 1. The number of pyridine rings is 1. The van der Waals surface area contributed by atoms with Crippen LogP contribution >= 0.6 is 0 Å². The second-order valence-electron chi connectivity index (χ2n) is 8.33. The van der Waals surface area contributed by atoms with Gasteiger partial charge in [-0.3, -0.25) is 4.98 Å². The zero-order chi connectivity index (χ0) is 24.2. The molecule has 0 unspecified atom stereocenters. The fourth-order valence-electron chi connectivity index (χ4n) is 3.76. The second-order valence-corrected chi connectivity index (χ2v) is 8.33. The highest BCUT2D eigenvalue weighted by molar-refractivity contribution is 5.97. The Hall–Kier alpha value is -4.24. The zero-order valence-corrected chi connectivity index (χ0v) is 19.5. The molecule has 9 heteroatoms. The number of hydrogen-bond donors (Lipinski definition) is 3. The van der Waals surface area contributed by atoms with Crippen LogP contribution < -0.4 is 15.4 Å². The van der Waals surface area contributed by atoms with Crippen molar-refractivity contribution in [3.05, 3.63) is 72.3 Å². The quantitative estimate of drug-likeness (QED) is 0.355. The van der Waals surface area contributed by atoms with Gasteiger partial charge in [0.05, 0.1) is 17.8 Å². The molecule has 178 valence electrons. The van der Waals surface area contributed by atoms with E-state index in [-0.39, 0.29) is 12.6 Å². The summed E-state index contributed by atoms with van der Waals surface area (Å²) in [7, 11) is 0. The molecule has 9 nitrogen and oxygen atoms in total. The predicted octanol–water partition coefficient (Wildman–Crippen LogP) is 4.73. The molecule has 0 fully saturated rings. The molecule has 2 aromatic carbocycles. The number of fused-ring (bicyclic) bond motifs is 1. The highest BCUT2D eigenvalue weighted by Crippen LogP contribution is 2.30. The summed E-state index contributed by atoms with van der Waals surface area (Å²) >= 11 is 0. The van der Waals surface area contributed by atoms with Crippen molar-refractivity contribution in [1.82, 2.24) is 15.0 Å². The van der Waals surface area contributed by atoms with Crippen molar-refractivity contribution in [2.24, 2.45) is 4.99 Å². The van der Waals surface area contributed by atoms with E-state index >= 15 is 0 Å². The summed E-state index contributed by atoms with van der Waals surface area (Å²) in [6, 6.07) is 15.9. The molecule has 4 aromatic rings. The molecule has 3 N–H and O–H groups in total. The maximum atomic E-state index is 9.10. The van der Waals surface area contributed by atoms with Crippen LogP contribution in [0.25, 0.3) is 10.9 Å². The molecule has 1 aliphatic heterocycles. The van der Waals surface area contributed by atoms with Crippen molar-refractivity contribution >= 4 is 34.1 Å². The Kier molecular flexibility index (Phi) is 6.40. The Morgan fingerprint density at radius 3 is 2.66 bits per heavy atom. The van der Waals surface area contributed by atoms with Crippen molar-refractivity contribution < 1.29 is 14.6 Å². The van der Waals surface area contributed by atoms with Gasteiger partial charge in [0.2, 0.25) is 0 Å². The molecule has 0 saturated heterocycles. The summed E-state index contributed by atoms with van der Waals surface area (Å²) in [5, 5.41) is 16.5. The third-order valence-electron chi connectivity index (χ3n) is 5.61. The van der Waals surface area contributed by atoms with E-state index in [0.717, 1.165) is 39.3 Å². The molecule has 35 heavy (non-hydrogen) atoms. The lowest BCUT2D eigenvalue weighted by Gasteiger charge is -2.13. The number of nitrogens with one attached hydrogen (secondary N) is 2. The molecule has 0 amide bonds. The lowest BCUT2D eigenvalue weighted by molar-refractivity contribution is 0.250. The Labute approximate surface area is 202 Å². The van der Waals surface area contributed by atoms with Crippen molar-refractivity contribution in [2.45, 2.75) is 26.3 Å². The van der Waals surface area contributed by atoms with Crippen molar-refractivity contribution in [2.75, 3.05) is 23.8 Å². The van der Waals surface area contributed by atoms with E-state index in [2.05, 4.69) is 30.6 Å². The fourth-order valence-corrected chi connectivity index (χ4v) is 3.76. The van der Waals surface area contributed by atoms with E-state index in [9.17, 15) is 0 Å². The molecular formula is C26H26N6O3. The average Bonchev–Trinajstić information content (AvgIpc) is 3.29. The van der Waals surface area contributed by atoms with Crippen molar-refractivity contribution in [3.63, 3.8) is 0 Å². The van der Waals surface area contributed by atoms with E-state index in [4.69, 9.17) is 14.6 Å². The average molecular weight is 471 g/mol. The normalized spacial score (nSPS) is 14.9. The zero-order valence-electron chi connectivity index (χ0n) is 19.5. The number of aryl methyl sites for hydroxylation is 2. The molecule has 1 aliphatic rings. The minimum atomic E-state index is -0.0269. The molecule has 0 spiro atoms. The number of benzene rings is 2. The minimum absolute atomic E-state index is 0.0269. The van der Waals surface area contributed by atoms with E-state index in [0.29, 0.717) is 30.6 Å². The molecular weight excluding hydrogens is 444 g/mol. The first-order chi connectivity index (χ1) is 17.1. The summed E-state index contributed by atoms with van der Waals surface area (Å²) in [4.78, 5) is 17.6. The summed E-state index contributed by atoms with van der Waals surface area (Å²) in [6.45, 7) is 4.49. The first-order valence-corrected chi connectivity index (χ1v) is 11.4. The summed E-state index contributed by atoms with van der Waals surface area (Å²) in [5.41, 5.74) is 4.42. The minimum Gasteiger partial charge on any atom is -0.463 e. The van der Waals surface area contributed by atoms with Crippen LogP contribution in [0.3, 0.4) is 0 Å². The lowest BCUT2D eigenvalue weighted by atomic mass is 10.1. The number of aliphatic imine (C=N–C) groups is 1. The van der Waals surface area contributed by atoms with Crippen LogP contribution in [-0.2, 0) is 4.74 Å². The SMILES string of the molecule is Cc1ccc(Oc2ccc(Nc3ncnc4ccc(NC5=N[C@@H](CCO)CO5)cc34)cc2C)cn1. The molecule has 0 saturated carbocycles. The molecule has 0 radical (unpaired) electrons. The number of aromatic nitrogens is 3. The third kappa shape index (κ3) is 5.30. The number of ether oxygens (including phenoxy) is 2. The van der Waals surface area contributed by atoms with Crippen LogP contribution in [0.4, 0.5) is 17.2 Å². The van der Waals surface area contributed by atoms with Crippen LogP contribution in [-0.4, -0.2) is 45.3 Å². The Morgan fingerprint density at radius 1 is 1.00 bits per heavy atom. The Balaban J connectivity index is 1.35. The smallest absolute Gasteiger partial charge is 0.289 e. The standard InChI is InChI=1S/C26H26N6O3/c1-16-11-18(5-8-24(16)35-21-6-3-17(2)27-13-21)30-25-22-12-19(4-7-23(22)28-15-29-25)31-26-32-20(9-10-33)14-34-26/h3-8,11-13,15,20,33H,9-10,14H2,1-2H3,(H,31,32)(H,28,29,30)/t20-/m0/s1. The van der Waals surface area contributed by atoms with Gasteiger partial charge in [-0.15, -0.1) is 0 Å². The van der Waals surface area contributed by atoms with Gasteiger partial charge in [0.15, 0.2) is 0 Å². The maximum absolute atomic E-state index is 9.10. The number of anilines is 3. The molecule has 5 rings (SSSR count). The third-order valence-corrected chi connectivity index (χ3v) is 5.61. The maximum Gasteiger partial charge on any atom is 0.289 e. The first-order valence-electron chi connectivity index (χ1n) is 11.4. The van der Waals surface area contributed by atoms with E-state index in [1.807, 2.05) is 62.4 Å². The highest BCUT2D eigenvalue weighted by Gasteiger charge is 2.18. The Bertz CT molecular complexity index is 1370. The largest absolute Gasteiger partial charge is 0.463 e. The van der Waals surface area contributed by atoms with Gasteiger partial charge >= 0.3 is 0 Å². The van der Waals surface area contributed by atoms with E-state index in [1.165, 1.54) is 6.33 Å². The second kappa shape index (κ2) is 9.94. The molecule has 1 atom stereocenters. The molecule has 3 heterocycles. The number of nitrogens with zero attached hydrogens (tertiary/aromatic N) is 4. The Morgan fingerprint density at radius 2 is 1.86 bits per heavy atom. The van der Waals surface area contributed by atoms with Gasteiger partial charge in [0, 0.05) is 29.1 Å². The van der Waals surface area contributed by atoms with Gasteiger partial charge in [0.25, 0.3) is 6.02 Å². The fraction of sp³-hybridized carbons (Fsp3) is 0.231. The van der Waals surface area contributed by atoms with Gasteiger partial charge in [0.1, 0.15) is 30.3 Å². The first kappa shape index (κ1) is 22.5. The van der Waals surface area contributed by atoms with Crippen LogP contribution in [0.15, 0.2) is 66.0 Å². The van der Waals surface area contributed by atoms with Gasteiger partial charge < -0.3 is 25.2 Å². The summed E-state index contributed by atoms with van der Waals surface area (Å²) in [5.74, 6) is 2.14.